The average molecular weight is 524 g/mol. The van der Waals surface area contributed by atoms with Crippen LogP contribution in [0.4, 0.5) is 4.39 Å². The van der Waals surface area contributed by atoms with Gasteiger partial charge in [-0.25, -0.2) is 4.39 Å². The number of halogens is 1. The van der Waals surface area contributed by atoms with Crippen molar-refractivity contribution in [1.82, 2.24) is 9.38 Å². The van der Waals surface area contributed by atoms with Crippen LogP contribution in [0.5, 0.6) is 0 Å². The van der Waals surface area contributed by atoms with Crippen LogP contribution in [0.25, 0.3) is 59.8 Å². The van der Waals surface area contributed by atoms with Gasteiger partial charge in [-0.05, 0) is 74.7 Å². The van der Waals surface area contributed by atoms with Crippen molar-refractivity contribution in [2.75, 3.05) is 0 Å². The Bertz CT molecular complexity index is 2160. The molecule has 0 aliphatic carbocycles. The van der Waals surface area contributed by atoms with Crippen LogP contribution >= 0.6 is 0 Å². The number of hydrogen-bond donors (Lipinski definition) is 0. The van der Waals surface area contributed by atoms with E-state index in [0.29, 0.717) is 5.39 Å². The highest BCUT2D eigenvalue weighted by Gasteiger charge is 2.26. The van der Waals surface area contributed by atoms with Crippen LogP contribution in [-0.4, -0.2) is 25.1 Å². The number of para-hydroxylation sites is 1. The molecule has 0 atom stereocenters. The van der Waals surface area contributed by atoms with Crippen molar-refractivity contribution >= 4 is 86.5 Å². The molecule has 7 aromatic rings. The van der Waals surface area contributed by atoms with Gasteiger partial charge in [0.15, 0.2) is 7.85 Å². The molecule has 0 fully saturated rings. The van der Waals surface area contributed by atoms with Gasteiger partial charge in [0, 0.05) is 21.5 Å². The molecule has 4 aromatic carbocycles. The first-order chi connectivity index (χ1) is 18.8. The van der Waals surface area contributed by atoms with Gasteiger partial charge in [0.05, 0.1) is 22.1 Å². The van der Waals surface area contributed by atoms with Crippen LogP contribution in [-0.2, 0) is 12.8 Å². The molecule has 0 saturated heterocycles. The number of pyridine rings is 2. The highest BCUT2D eigenvalue weighted by Crippen LogP contribution is 2.44. The molecule has 0 unspecified atom stereocenters. The summed E-state index contributed by atoms with van der Waals surface area (Å²) in [5, 5.41) is 7.35. The summed E-state index contributed by atoms with van der Waals surface area (Å²) in [6, 6.07) is 19.4. The van der Waals surface area contributed by atoms with Crippen molar-refractivity contribution in [3.8, 4) is 0 Å². The summed E-state index contributed by atoms with van der Waals surface area (Å²) in [6.45, 7) is 13.8. The van der Waals surface area contributed by atoms with E-state index < -0.39 is 0 Å². The first-order valence-corrected chi connectivity index (χ1v) is 14.4. The maximum atomic E-state index is 16.1. The largest absolute Gasteiger partial charge is 0.307 e. The van der Waals surface area contributed by atoms with Crippen LogP contribution < -0.4 is 11.1 Å². The van der Waals surface area contributed by atoms with Crippen LogP contribution in [0.3, 0.4) is 0 Å². The van der Waals surface area contributed by atoms with E-state index >= 15 is 4.39 Å². The summed E-state index contributed by atoms with van der Waals surface area (Å²) in [4.78, 5) is 5.25. The second kappa shape index (κ2) is 8.22. The van der Waals surface area contributed by atoms with Gasteiger partial charge in [0.25, 0.3) is 0 Å². The maximum absolute atomic E-state index is 16.1. The maximum Gasteiger partial charge on any atom is 0.163 e. The molecule has 0 radical (unpaired) electrons. The predicted octanol–water partition coefficient (Wildman–Crippen LogP) is 6.37. The molecule has 3 aromatic heterocycles. The van der Waals surface area contributed by atoms with E-state index in [0.717, 1.165) is 67.5 Å². The first kappa shape index (κ1) is 25.4. The third kappa shape index (κ3) is 3.66. The Kier molecular flexibility index (Phi) is 5.22. The quantitative estimate of drug-likeness (QED) is 0.146. The SMILES string of the molecule is Bc1nc2c3cc4cc(CC(C)(C)C)ccc4c(CC(C)(C)C)c3n3c4ccccc4c4c(F)cc(c1B)c2c43. The summed E-state index contributed by atoms with van der Waals surface area (Å²) in [5.74, 6) is -0.162. The van der Waals surface area contributed by atoms with E-state index in [2.05, 4.69) is 104 Å². The Morgan fingerprint density at radius 3 is 2.20 bits per heavy atom. The molecular formula is C35H35B2FN2. The second-order valence-corrected chi connectivity index (χ2v) is 14.3. The molecule has 0 spiro atoms. The summed E-state index contributed by atoms with van der Waals surface area (Å²) in [7, 11) is 4.12. The van der Waals surface area contributed by atoms with E-state index in [1.807, 2.05) is 6.07 Å². The molecule has 2 nitrogen and oxygen atoms in total. The van der Waals surface area contributed by atoms with E-state index in [1.54, 1.807) is 6.07 Å². The lowest BCUT2D eigenvalue weighted by molar-refractivity contribution is 0.411. The Hall–Kier alpha value is -3.59. The van der Waals surface area contributed by atoms with E-state index in [4.69, 9.17) is 4.98 Å². The normalized spacial score (nSPS) is 13.3. The second-order valence-electron chi connectivity index (χ2n) is 14.3. The molecule has 5 heteroatoms. The Balaban J connectivity index is 1.80. The number of rotatable bonds is 2. The fourth-order valence-corrected chi connectivity index (χ4v) is 6.97. The predicted molar refractivity (Wildman–Crippen MR) is 177 cm³/mol. The van der Waals surface area contributed by atoms with Crippen LogP contribution in [0.15, 0.2) is 54.6 Å². The number of aromatic nitrogens is 2. The van der Waals surface area contributed by atoms with Crippen molar-refractivity contribution < 1.29 is 4.39 Å². The Morgan fingerprint density at radius 1 is 0.750 bits per heavy atom. The minimum atomic E-state index is -0.162. The smallest absolute Gasteiger partial charge is 0.163 e. The van der Waals surface area contributed by atoms with Crippen molar-refractivity contribution in [2.24, 2.45) is 10.8 Å². The number of nitrogens with zero attached hydrogens (tertiary/aromatic N) is 2. The standard InChI is InChI=1S/C35H35B2FN2/c1-34(2,3)16-18-11-12-20-19(13-18)14-23-30-28-22(29(36)33(37)39-30)15-25(38)27-21-9-7-8-10-26(21)40(32(27)28)31(23)24(20)17-35(4,5)6/h7-15H,16-17,36-37H2,1-6H3. The molecule has 3 heterocycles. The van der Waals surface area contributed by atoms with Gasteiger partial charge in [0.1, 0.15) is 13.7 Å². The number of benzene rings is 4. The highest BCUT2D eigenvalue weighted by atomic mass is 19.1. The molecule has 0 bridgehead atoms. The summed E-state index contributed by atoms with van der Waals surface area (Å²) >= 11 is 0. The summed E-state index contributed by atoms with van der Waals surface area (Å²) in [5.41, 5.74) is 9.07. The van der Waals surface area contributed by atoms with Crippen LogP contribution in [0.2, 0.25) is 0 Å². The number of hydrogen-bond acceptors (Lipinski definition) is 1. The Labute approximate surface area is 236 Å². The first-order valence-electron chi connectivity index (χ1n) is 14.4. The van der Waals surface area contributed by atoms with Crippen molar-refractivity contribution in [1.29, 1.82) is 0 Å². The zero-order chi connectivity index (χ0) is 28.3. The van der Waals surface area contributed by atoms with Crippen molar-refractivity contribution in [3.05, 3.63) is 71.5 Å². The Morgan fingerprint density at radius 2 is 1.48 bits per heavy atom. The van der Waals surface area contributed by atoms with Gasteiger partial charge in [-0.3, -0.25) is 4.98 Å². The molecule has 0 amide bonds. The third-order valence-electron chi connectivity index (χ3n) is 8.56. The zero-order valence-corrected chi connectivity index (χ0v) is 24.9. The lowest BCUT2D eigenvalue weighted by Crippen LogP contribution is -2.30. The van der Waals surface area contributed by atoms with Gasteiger partial charge in [0.2, 0.25) is 0 Å². The van der Waals surface area contributed by atoms with Gasteiger partial charge < -0.3 is 4.40 Å². The van der Waals surface area contributed by atoms with Crippen molar-refractivity contribution in [3.63, 3.8) is 0 Å². The molecule has 40 heavy (non-hydrogen) atoms. The molecule has 0 aliphatic rings. The topological polar surface area (TPSA) is 17.3 Å². The fraction of sp³-hybridized carbons (Fsp3) is 0.286. The molecule has 198 valence electrons. The lowest BCUT2D eigenvalue weighted by atomic mass is 9.80. The molecular weight excluding hydrogens is 489 g/mol. The summed E-state index contributed by atoms with van der Waals surface area (Å²) < 4.78 is 18.4. The summed E-state index contributed by atoms with van der Waals surface area (Å²) in [6.07, 6.45) is 1.92. The van der Waals surface area contributed by atoms with Gasteiger partial charge in [-0.2, -0.15) is 0 Å². The zero-order valence-electron chi connectivity index (χ0n) is 24.9. The molecule has 7 rings (SSSR count). The molecule has 0 N–H and O–H groups in total. The van der Waals surface area contributed by atoms with Crippen LogP contribution in [0.1, 0.15) is 52.7 Å². The van der Waals surface area contributed by atoms with E-state index in [9.17, 15) is 0 Å². The molecule has 0 aliphatic heterocycles. The highest BCUT2D eigenvalue weighted by molar-refractivity contribution is 6.53. The average Bonchev–Trinajstić information content (AvgIpc) is 3.20. The lowest BCUT2D eigenvalue weighted by Gasteiger charge is -2.24. The van der Waals surface area contributed by atoms with Crippen molar-refractivity contribution in [2.45, 2.75) is 54.4 Å². The van der Waals surface area contributed by atoms with E-state index in [-0.39, 0.29) is 16.6 Å². The minimum absolute atomic E-state index is 0.0579. The van der Waals surface area contributed by atoms with Gasteiger partial charge >= 0.3 is 0 Å². The fourth-order valence-electron chi connectivity index (χ4n) is 6.97. The molecule has 0 saturated carbocycles. The monoisotopic (exact) mass is 524 g/mol. The minimum Gasteiger partial charge on any atom is -0.307 e. The third-order valence-corrected chi connectivity index (χ3v) is 8.56. The van der Waals surface area contributed by atoms with E-state index in [1.165, 1.54) is 21.9 Å². The van der Waals surface area contributed by atoms with Gasteiger partial charge in [-0.1, -0.05) is 83.4 Å². The van der Waals surface area contributed by atoms with Gasteiger partial charge in [-0.15, -0.1) is 0 Å². The van der Waals surface area contributed by atoms with Crippen LogP contribution in [0, 0.1) is 16.6 Å². The number of fused-ring (bicyclic) bond motifs is 7.